The summed E-state index contributed by atoms with van der Waals surface area (Å²) < 4.78 is 5.61. The lowest BCUT2D eigenvalue weighted by Gasteiger charge is -2.34. The molecule has 0 radical (unpaired) electrons. The van der Waals surface area contributed by atoms with Gasteiger partial charge in [-0.3, -0.25) is 0 Å². The average Bonchev–Trinajstić information content (AvgIpc) is 2.98. The maximum atomic E-state index is 5.61. The molecule has 3 rings (SSSR count). The highest BCUT2D eigenvalue weighted by atomic mass is 32.2. The summed E-state index contributed by atoms with van der Waals surface area (Å²) in [6.07, 6.45) is 4.04. The monoisotopic (exact) mass is 289 g/mol. The largest absolute Gasteiger partial charge is 0.338 e. The minimum absolute atomic E-state index is 0.129. The summed E-state index contributed by atoms with van der Waals surface area (Å²) in [5, 5.41) is 7.54. The third-order valence-electron chi connectivity index (χ3n) is 3.93. The van der Waals surface area contributed by atoms with Crippen LogP contribution in [-0.4, -0.2) is 29.5 Å². The van der Waals surface area contributed by atoms with E-state index in [9.17, 15) is 0 Å². The summed E-state index contributed by atoms with van der Waals surface area (Å²) in [5.41, 5.74) is 1.15. The van der Waals surface area contributed by atoms with Crippen LogP contribution in [0.1, 0.15) is 30.1 Å². The second-order valence-electron chi connectivity index (χ2n) is 5.15. The number of nitrogens with zero attached hydrogens (tertiary/aromatic N) is 2. The zero-order valence-electron chi connectivity index (χ0n) is 11.6. The van der Waals surface area contributed by atoms with Crippen LogP contribution in [-0.2, 0) is 11.2 Å². The molecular formula is C15H19N3OS. The van der Waals surface area contributed by atoms with Crippen molar-refractivity contribution in [2.75, 3.05) is 19.3 Å². The van der Waals surface area contributed by atoms with Crippen molar-refractivity contribution in [3.63, 3.8) is 0 Å². The number of benzene rings is 1. The van der Waals surface area contributed by atoms with E-state index in [4.69, 9.17) is 4.52 Å². The normalized spacial score (nSPS) is 18.1. The van der Waals surface area contributed by atoms with Gasteiger partial charge in [0.05, 0.1) is 11.2 Å². The van der Waals surface area contributed by atoms with E-state index < -0.39 is 0 Å². The maximum Gasteiger partial charge on any atom is 0.237 e. The lowest BCUT2D eigenvalue weighted by Crippen LogP contribution is -2.41. The summed E-state index contributed by atoms with van der Waals surface area (Å²) in [6.45, 7) is 1.96. The van der Waals surface area contributed by atoms with E-state index in [0.717, 1.165) is 43.4 Å². The third-order valence-corrected chi connectivity index (χ3v) is 4.48. The summed E-state index contributed by atoms with van der Waals surface area (Å²) in [4.78, 5) is 4.65. The Hall–Kier alpha value is -1.33. The molecule has 2 aromatic rings. The molecule has 0 aliphatic carbocycles. The molecule has 2 heterocycles. The molecule has 1 aliphatic rings. The number of aromatic nitrogens is 2. The van der Waals surface area contributed by atoms with Crippen LogP contribution in [0, 0.1) is 0 Å². The van der Waals surface area contributed by atoms with Crippen molar-refractivity contribution in [1.29, 1.82) is 0 Å². The minimum Gasteiger partial charge on any atom is -0.338 e. The second-order valence-corrected chi connectivity index (χ2v) is 6.01. The average molecular weight is 289 g/mol. The molecule has 1 aromatic carbocycles. The molecule has 0 atom stereocenters. The maximum absolute atomic E-state index is 5.61. The number of piperidine rings is 1. The van der Waals surface area contributed by atoms with Gasteiger partial charge in [-0.1, -0.05) is 35.5 Å². The lowest BCUT2D eigenvalue weighted by molar-refractivity contribution is 0.259. The quantitative estimate of drug-likeness (QED) is 0.937. The van der Waals surface area contributed by atoms with Crippen molar-refractivity contribution in [3.8, 4) is 0 Å². The molecule has 106 valence electrons. The Morgan fingerprint density at radius 3 is 2.70 bits per heavy atom. The van der Waals surface area contributed by atoms with Crippen LogP contribution < -0.4 is 5.32 Å². The van der Waals surface area contributed by atoms with Crippen LogP contribution in [0.2, 0.25) is 0 Å². The van der Waals surface area contributed by atoms with Crippen molar-refractivity contribution < 1.29 is 4.52 Å². The van der Waals surface area contributed by atoms with Crippen LogP contribution in [0.5, 0.6) is 0 Å². The fourth-order valence-corrected chi connectivity index (χ4v) is 3.25. The molecule has 0 unspecified atom stereocenters. The van der Waals surface area contributed by atoms with E-state index >= 15 is 0 Å². The number of hydrogen-bond acceptors (Lipinski definition) is 5. The first-order valence-electron chi connectivity index (χ1n) is 6.93. The number of nitrogens with one attached hydrogen (secondary N) is 1. The first kappa shape index (κ1) is 13.6. The fourth-order valence-electron chi connectivity index (χ4n) is 2.87. The molecular weight excluding hydrogens is 270 g/mol. The summed E-state index contributed by atoms with van der Waals surface area (Å²) in [5.74, 6) is 2.36. The van der Waals surface area contributed by atoms with Crippen LogP contribution in [0.4, 0.5) is 0 Å². The molecule has 1 aliphatic heterocycles. The molecule has 4 nitrogen and oxygen atoms in total. The highest BCUT2D eigenvalue weighted by molar-refractivity contribution is 7.97. The van der Waals surface area contributed by atoms with Crippen molar-refractivity contribution in [3.05, 3.63) is 47.6 Å². The van der Waals surface area contributed by atoms with E-state index in [1.807, 2.05) is 12.3 Å². The zero-order chi connectivity index (χ0) is 13.8. The van der Waals surface area contributed by atoms with Crippen molar-refractivity contribution in [2.45, 2.75) is 24.0 Å². The Labute approximate surface area is 123 Å². The standard InChI is InChI=1S/C15H19N3OS/c1-20-11-13-17-14(19-18-13)15(7-9-16-10-8-15)12-5-3-2-4-6-12/h2-6,16H,7-11H2,1H3. The van der Waals surface area contributed by atoms with E-state index in [1.54, 1.807) is 11.8 Å². The van der Waals surface area contributed by atoms with E-state index in [-0.39, 0.29) is 5.41 Å². The number of rotatable bonds is 4. The lowest BCUT2D eigenvalue weighted by atomic mass is 9.73. The Balaban J connectivity index is 2.00. The molecule has 1 saturated heterocycles. The van der Waals surface area contributed by atoms with Crippen LogP contribution in [0.15, 0.2) is 34.9 Å². The van der Waals surface area contributed by atoms with Crippen molar-refractivity contribution in [2.24, 2.45) is 0 Å². The molecule has 0 spiro atoms. The predicted octanol–water partition coefficient (Wildman–Crippen LogP) is 2.60. The minimum atomic E-state index is -0.129. The molecule has 5 heteroatoms. The Morgan fingerprint density at radius 2 is 2.00 bits per heavy atom. The summed E-state index contributed by atoms with van der Waals surface area (Å²) in [7, 11) is 0. The van der Waals surface area contributed by atoms with E-state index in [1.165, 1.54) is 5.56 Å². The number of hydrogen-bond donors (Lipinski definition) is 1. The zero-order valence-corrected chi connectivity index (χ0v) is 12.4. The van der Waals surface area contributed by atoms with Gasteiger partial charge in [0.1, 0.15) is 0 Å². The molecule has 0 bridgehead atoms. The van der Waals surface area contributed by atoms with Gasteiger partial charge >= 0.3 is 0 Å². The second kappa shape index (κ2) is 5.97. The van der Waals surface area contributed by atoms with Crippen molar-refractivity contribution >= 4 is 11.8 Å². The highest BCUT2D eigenvalue weighted by Crippen LogP contribution is 2.39. The third kappa shape index (κ3) is 2.47. The van der Waals surface area contributed by atoms with Gasteiger partial charge in [-0.15, -0.1) is 0 Å². The van der Waals surface area contributed by atoms with Gasteiger partial charge in [-0.05, 0) is 37.8 Å². The Bertz CT molecular complexity index is 549. The molecule has 0 saturated carbocycles. The van der Waals surface area contributed by atoms with E-state index in [0.29, 0.717) is 0 Å². The first-order chi connectivity index (χ1) is 9.85. The van der Waals surface area contributed by atoms with Gasteiger partial charge in [0, 0.05) is 0 Å². The fraction of sp³-hybridized carbons (Fsp3) is 0.467. The van der Waals surface area contributed by atoms with Gasteiger partial charge < -0.3 is 9.84 Å². The summed E-state index contributed by atoms with van der Waals surface area (Å²) >= 11 is 1.71. The van der Waals surface area contributed by atoms with Gasteiger partial charge in [-0.2, -0.15) is 16.7 Å². The van der Waals surface area contributed by atoms with Crippen LogP contribution >= 0.6 is 11.8 Å². The highest BCUT2D eigenvalue weighted by Gasteiger charge is 2.40. The van der Waals surface area contributed by atoms with Crippen LogP contribution in [0.3, 0.4) is 0 Å². The van der Waals surface area contributed by atoms with Gasteiger partial charge in [-0.25, -0.2) is 0 Å². The Kier molecular flexibility index (Phi) is 4.08. The predicted molar refractivity (Wildman–Crippen MR) is 80.8 cm³/mol. The van der Waals surface area contributed by atoms with Crippen molar-refractivity contribution in [1.82, 2.24) is 15.5 Å². The van der Waals surface area contributed by atoms with Gasteiger partial charge in [0.25, 0.3) is 0 Å². The van der Waals surface area contributed by atoms with E-state index in [2.05, 4.69) is 39.7 Å². The smallest absolute Gasteiger partial charge is 0.237 e. The van der Waals surface area contributed by atoms with Gasteiger partial charge in [0.2, 0.25) is 5.89 Å². The molecule has 1 aromatic heterocycles. The SMILES string of the molecule is CSCc1noc(C2(c3ccccc3)CCNCC2)n1. The molecule has 1 N–H and O–H groups in total. The Morgan fingerprint density at radius 1 is 1.25 bits per heavy atom. The molecule has 20 heavy (non-hydrogen) atoms. The van der Waals surface area contributed by atoms with Gasteiger partial charge in [0.15, 0.2) is 5.82 Å². The molecule has 1 fully saturated rings. The van der Waals surface area contributed by atoms with Crippen LogP contribution in [0.25, 0.3) is 0 Å². The topological polar surface area (TPSA) is 51.0 Å². The first-order valence-corrected chi connectivity index (χ1v) is 8.33. The summed E-state index contributed by atoms with van der Waals surface area (Å²) in [6, 6.07) is 10.6. The number of thioether (sulfide) groups is 1. The molecule has 0 amide bonds.